The lowest BCUT2D eigenvalue weighted by Gasteiger charge is -2.06. The van der Waals surface area contributed by atoms with E-state index in [1.54, 1.807) is 4.68 Å². The quantitative estimate of drug-likeness (QED) is 0.303. The van der Waals surface area contributed by atoms with E-state index in [0.29, 0.717) is 18.7 Å². The number of ether oxygens (including phenoxy) is 1. The predicted molar refractivity (Wildman–Crippen MR) is 130 cm³/mol. The van der Waals surface area contributed by atoms with Crippen molar-refractivity contribution in [1.29, 1.82) is 0 Å². The number of hydrogen-bond acceptors (Lipinski definition) is 5. The number of amides is 1. The summed E-state index contributed by atoms with van der Waals surface area (Å²) in [6, 6.07) is 27.1. The van der Waals surface area contributed by atoms with Crippen molar-refractivity contribution in [2.75, 3.05) is 13.2 Å². The molecule has 1 amide bonds. The Morgan fingerprint density at radius 1 is 0.912 bits per heavy atom. The Kier molecular flexibility index (Phi) is 7.45. The molecule has 0 unspecified atom stereocenters. The van der Waals surface area contributed by atoms with Gasteiger partial charge in [-0.1, -0.05) is 78.4 Å². The van der Waals surface area contributed by atoms with E-state index in [1.807, 2.05) is 91.9 Å². The Hall–Kier alpha value is -4.26. The molecule has 7 nitrogen and oxygen atoms in total. The molecule has 1 aromatic heterocycles. The van der Waals surface area contributed by atoms with Crippen LogP contribution in [-0.4, -0.2) is 39.8 Å². The third-order valence-corrected chi connectivity index (χ3v) is 5.24. The summed E-state index contributed by atoms with van der Waals surface area (Å²) in [4.78, 5) is 29.1. The number of aryl methyl sites for hydroxylation is 2. The summed E-state index contributed by atoms with van der Waals surface area (Å²) in [6.45, 7) is 2.29. The number of carbonyl (C=O) groups excluding carboxylic acids is 2. The van der Waals surface area contributed by atoms with Crippen LogP contribution in [0.2, 0.25) is 0 Å². The van der Waals surface area contributed by atoms with Crippen molar-refractivity contribution >= 4 is 11.9 Å². The van der Waals surface area contributed by atoms with Crippen molar-refractivity contribution in [2.45, 2.75) is 19.8 Å². The highest BCUT2D eigenvalue weighted by molar-refractivity contribution is 5.86. The van der Waals surface area contributed by atoms with Crippen molar-refractivity contribution < 1.29 is 14.3 Å². The summed E-state index contributed by atoms with van der Waals surface area (Å²) in [5.41, 5.74) is 3.92. The first-order chi connectivity index (χ1) is 16.6. The topological polar surface area (TPSA) is 86.1 Å². The number of carbonyl (C=O) groups is 2. The highest BCUT2D eigenvalue weighted by Gasteiger charge is 2.19. The van der Waals surface area contributed by atoms with Gasteiger partial charge in [0.05, 0.1) is 12.2 Å². The Morgan fingerprint density at radius 2 is 1.59 bits per heavy atom. The molecular formula is C27H26N4O3. The molecule has 4 aromatic rings. The minimum atomic E-state index is -0.638. The van der Waals surface area contributed by atoms with Crippen LogP contribution in [0, 0.1) is 6.92 Å². The second-order valence-electron chi connectivity index (χ2n) is 7.84. The van der Waals surface area contributed by atoms with Gasteiger partial charge < -0.3 is 10.1 Å². The van der Waals surface area contributed by atoms with E-state index in [0.717, 1.165) is 16.8 Å². The van der Waals surface area contributed by atoms with E-state index in [1.165, 1.54) is 5.56 Å². The van der Waals surface area contributed by atoms with Gasteiger partial charge in [-0.2, -0.15) is 0 Å². The molecule has 34 heavy (non-hydrogen) atoms. The molecule has 0 aliphatic rings. The van der Waals surface area contributed by atoms with Crippen LogP contribution >= 0.6 is 0 Å². The maximum Gasteiger partial charge on any atom is 0.378 e. The summed E-state index contributed by atoms with van der Waals surface area (Å²) in [5.74, 6) is -0.216. The minimum absolute atomic E-state index is 0.0339. The van der Waals surface area contributed by atoms with E-state index >= 15 is 0 Å². The molecular weight excluding hydrogens is 428 g/mol. The average Bonchev–Trinajstić information content (AvgIpc) is 3.33. The highest BCUT2D eigenvalue weighted by Crippen LogP contribution is 2.21. The van der Waals surface area contributed by atoms with E-state index in [9.17, 15) is 9.59 Å². The van der Waals surface area contributed by atoms with Gasteiger partial charge >= 0.3 is 5.97 Å². The molecule has 0 aliphatic heterocycles. The maximum absolute atomic E-state index is 12.6. The normalized spacial score (nSPS) is 10.6. The van der Waals surface area contributed by atoms with Gasteiger partial charge in [0.25, 0.3) is 5.82 Å². The van der Waals surface area contributed by atoms with Crippen LogP contribution in [0.1, 0.15) is 28.2 Å². The van der Waals surface area contributed by atoms with Gasteiger partial charge in [-0.05, 0) is 31.0 Å². The molecule has 0 atom stereocenters. The third kappa shape index (κ3) is 5.95. The largest absolute Gasteiger partial charge is 0.458 e. The van der Waals surface area contributed by atoms with Gasteiger partial charge in [-0.25, -0.2) is 14.5 Å². The molecule has 4 rings (SSSR count). The molecule has 3 aromatic carbocycles. The van der Waals surface area contributed by atoms with Crippen LogP contribution in [-0.2, 0) is 16.0 Å². The zero-order valence-corrected chi connectivity index (χ0v) is 19.0. The molecule has 0 bridgehead atoms. The van der Waals surface area contributed by atoms with Gasteiger partial charge in [-0.3, -0.25) is 4.79 Å². The first-order valence-corrected chi connectivity index (χ1v) is 11.2. The molecule has 172 valence electrons. The molecule has 0 fully saturated rings. The number of nitrogens with zero attached hydrogens (tertiary/aromatic N) is 3. The number of rotatable bonds is 9. The van der Waals surface area contributed by atoms with Crippen LogP contribution < -0.4 is 5.32 Å². The molecule has 0 aliphatic carbocycles. The molecule has 0 saturated heterocycles. The molecule has 1 heterocycles. The lowest BCUT2D eigenvalue weighted by atomic mass is 10.1. The van der Waals surface area contributed by atoms with Crippen molar-refractivity contribution in [3.8, 4) is 17.1 Å². The predicted octanol–water partition coefficient (Wildman–Crippen LogP) is 4.15. The first kappa shape index (κ1) is 22.9. The number of esters is 1. The Balaban J connectivity index is 1.33. The summed E-state index contributed by atoms with van der Waals surface area (Å²) in [6.07, 6.45) is 1.04. The van der Waals surface area contributed by atoms with Crippen molar-refractivity contribution in [2.24, 2.45) is 0 Å². The maximum atomic E-state index is 12.6. The second kappa shape index (κ2) is 11.0. The van der Waals surface area contributed by atoms with Crippen molar-refractivity contribution in [3.05, 3.63) is 102 Å². The molecule has 1 N–H and O–H groups in total. The fourth-order valence-electron chi connectivity index (χ4n) is 3.42. The van der Waals surface area contributed by atoms with Gasteiger partial charge in [0.15, 0.2) is 5.82 Å². The van der Waals surface area contributed by atoms with Crippen LogP contribution in [0.4, 0.5) is 0 Å². The Morgan fingerprint density at radius 3 is 2.29 bits per heavy atom. The molecule has 7 heteroatoms. The summed E-state index contributed by atoms with van der Waals surface area (Å²) in [7, 11) is 0. The Bertz CT molecular complexity index is 1180. The van der Waals surface area contributed by atoms with Crippen LogP contribution in [0.15, 0.2) is 84.9 Å². The molecule has 0 radical (unpaired) electrons. The first-order valence-electron chi connectivity index (χ1n) is 11.2. The van der Waals surface area contributed by atoms with Crippen LogP contribution in [0.5, 0.6) is 0 Å². The van der Waals surface area contributed by atoms with Gasteiger partial charge in [0.2, 0.25) is 5.91 Å². The summed E-state index contributed by atoms with van der Waals surface area (Å²) >= 11 is 0. The third-order valence-electron chi connectivity index (χ3n) is 5.24. The van der Waals surface area contributed by atoms with E-state index in [2.05, 4.69) is 15.4 Å². The smallest absolute Gasteiger partial charge is 0.378 e. The highest BCUT2D eigenvalue weighted by atomic mass is 16.5. The van der Waals surface area contributed by atoms with Gasteiger partial charge in [0, 0.05) is 12.0 Å². The van der Waals surface area contributed by atoms with Gasteiger partial charge in [0.1, 0.15) is 6.61 Å². The van der Waals surface area contributed by atoms with E-state index in [4.69, 9.17) is 4.74 Å². The SMILES string of the molecule is Cc1ccc(CCC(=O)NCCOC(=O)c2nc(-c3ccccc3)n(-c3ccccc3)n2)cc1. The van der Waals surface area contributed by atoms with Crippen molar-refractivity contribution in [1.82, 2.24) is 20.1 Å². The lowest BCUT2D eigenvalue weighted by molar-refractivity contribution is -0.121. The zero-order chi connectivity index (χ0) is 23.8. The lowest BCUT2D eigenvalue weighted by Crippen LogP contribution is -2.28. The number of benzene rings is 3. The standard InChI is InChI=1S/C27H26N4O3/c1-20-12-14-21(15-13-20)16-17-24(32)28-18-19-34-27(33)25-29-26(22-8-4-2-5-9-22)31(30-25)23-10-6-3-7-11-23/h2-15H,16-19H2,1H3,(H,28,32). The van der Waals surface area contributed by atoms with Crippen LogP contribution in [0.25, 0.3) is 17.1 Å². The summed E-state index contributed by atoms with van der Waals surface area (Å²) < 4.78 is 6.93. The fraction of sp³-hybridized carbons (Fsp3) is 0.185. The zero-order valence-electron chi connectivity index (χ0n) is 19.0. The average molecular weight is 455 g/mol. The summed E-state index contributed by atoms with van der Waals surface area (Å²) in [5, 5.41) is 7.16. The number of hydrogen-bond donors (Lipinski definition) is 1. The fourth-order valence-corrected chi connectivity index (χ4v) is 3.42. The number of nitrogens with one attached hydrogen (secondary N) is 1. The molecule has 0 saturated carbocycles. The number of aromatic nitrogens is 3. The number of para-hydroxylation sites is 1. The van der Waals surface area contributed by atoms with Crippen LogP contribution in [0.3, 0.4) is 0 Å². The van der Waals surface area contributed by atoms with Crippen molar-refractivity contribution in [3.63, 3.8) is 0 Å². The molecule has 0 spiro atoms. The van der Waals surface area contributed by atoms with Gasteiger partial charge in [-0.15, -0.1) is 5.10 Å². The van der Waals surface area contributed by atoms with E-state index in [-0.39, 0.29) is 24.9 Å². The monoisotopic (exact) mass is 454 g/mol. The Labute approximate surface area is 198 Å². The minimum Gasteiger partial charge on any atom is -0.458 e. The van der Waals surface area contributed by atoms with E-state index < -0.39 is 5.97 Å². The second-order valence-corrected chi connectivity index (χ2v) is 7.84.